The molecule has 25 heavy (non-hydrogen) atoms. The summed E-state index contributed by atoms with van der Waals surface area (Å²) in [4.78, 5) is 28.5. The lowest BCUT2D eigenvalue weighted by Gasteiger charge is -2.08. The second-order valence-corrected chi connectivity index (χ2v) is 7.29. The predicted molar refractivity (Wildman–Crippen MR) is 103 cm³/mol. The topological polar surface area (TPSA) is 71.1 Å². The Hall–Kier alpha value is -2.51. The zero-order valence-corrected chi connectivity index (χ0v) is 15.5. The van der Waals surface area contributed by atoms with E-state index in [-0.39, 0.29) is 18.2 Å². The second kappa shape index (κ2) is 7.58. The summed E-state index contributed by atoms with van der Waals surface area (Å²) in [7, 11) is 0. The van der Waals surface area contributed by atoms with Gasteiger partial charge in [-0.3, -0.25) is 14.9 Å². The number of carbonyl (C=O) groups is 2. The fourth-order valence-corrected chi connectivity index (χ4v) is 3.66. The number of benzene rings is 1. The van der Waals surface area contributed by atoms with Crippen LogP contribution in [0.5, 0.6) is 0 Å². The molecule has 0 spiro atoms. The van der Waals surface area contributed by atoms with Crippen molar-refractivity contribution in [1.82, 2.24) is 4.98 Å². The quantitative estimate of drug-likeness (QED) is 0.704. The minimum Gasteiger partial charge on any atom is -0.326 e. The van der Waals surface area contributed by atoms with Crippen LogP contribution in [-0.2, 0) is 11.2 Å². The maximum atomic E-state index is 12.2. The summed E-state index contributed by atoms with van der Waals surface area (Å²) in [6.07, 6.45) is 0.165. The van der Waals surface area contributed by atoms with Crippen LogP contribution in [0.4, 0.5) is 10.8 Å². The first-order chi connectivity index (χ1) is 12.0. The van der Waals surface area contributed by atoms with Crippen LogP contribution in [0.15, 0.2) is 40.4 Å². The van der Waals surface area contributed by atoms with Crippen molar-refractivity contribution in [2.24, 2.45) is 0 Å². The largest absolute Gasteiger partial charge is 0.326 e. The molecule has 7 heteroatoms. The average molecular weight is 371 g/mol. The van der Waals surface area contributed by atoms with Crippen molar-refractivity contribution in [3.63, 3.8) is 0 Å². The summed E-state index contributed by atoms with van der Waals surface area (Å²) in [6, 6.07) is 7.64. The van der Waals surface area contributed by atoms with Gasteiger partial charge in [-0.1, -0.05) is 17.7 Å². The first kappa shape index (κ1) is 17.3. The first-order valence-corrected chi connectivity index (χ1v) is 9.48. The Morgan fingerprint density at radius 3 is 2.68 bits per heavy atom. The van der Waals surface area contributed by atoms with Crippen LogP contribution in [-0.4, -0.2) is 16.8 Å². The monoisotopic (exact) mass is 371 g/mol. The molecule has 128 valence electrons. The van der Waals surface area contributed by atoms with Gasteiger partial charge in [-0.2, -0.15) is 11.3 Å². The highest BCUT2D eigenvalue weighted by molar-refractivity contribution is 7.14. The van der Waals surface area contributed by atoms with Crippen molar-refractivity contribution < 1.29 is 9.59 Å². The van der Waals surface area contributed by atoms with Crippen LogP contribution in [0.1, 0.15) is 27.2 Å². The van der Waals surface area contributed by atoms with Gasteiger partial charge in [0.15, 0.2) is 5.13 Å². The van der Waals surface area contributed by atoms with Gasteiger partial charge in [0.25, 0.3) is 5.91 Å². The number of aromatic nitrogens is 1. The lowest BCUT2D eigenvalue weighted by atomic mass is 10.1. The highest BCUT2D eigenvalue weighted by Crippen LogP contribution is 2.19. The number of aryl methyl sites for hydroxylation is 2. The Bertz CT molecular complexity index is 901. The zero-order valence-electron chi connectivity index (χ0n) is 13.8. The molecule has 2 aromatic heterocycles. The van der Waals surface area contributed by atoms with Crippen LogP contribution in [0, 0.1) is 13.8 Å². The fourth-order valence-electron chi connectivity index (χ4n) is 2.32. The summed E-state index contributed by atoms with van der Waals surface area (Å²) in [5.74, 6) is -0.324. The van der Waals surface area contributed by atoms with E-state index >= 15 is 0 Å². The molecule has 0 saturated carbocycles. The summed E-state index contributed by atoms with van der Waals surface area (Å²) in [6.45, 7) is 3.98. The fraction of sp³-hybridized carbons (Fsp3) is 0.167. The summed E-state index contributed by atoms with van der Waals surface area (Å²) >= 11 is 2.77. The van der Waals surface area contributed by atoms with Crippen molar-refractivity contribution in [3.05, 3.63) is 62.8 Å². The van der Waals surface area contributed by atoms with E-state index in [1.165, 1.54) is 22.7 Å². The van der Waals surface area contributed by atoms with E-state index in [0.717, 1.165) is 16.8 Å². The maximum Gasteiger partial charge on any atom is 0.258 e. The van der Waals surface area contributed by atoms with E-state index in [4.69, 9.17) is 0 Å². The van der Waals surface area contributed by atoms with Crippen molar-refractivity contribution in [3.8, 4) is 0 Å². The summed E-state index contributed by atoms with van der Waals surface area (Å²) < 4.78 is 0. The highest BCUT2D eigenvalue weighted by Gasteiger charge is 2.12. The number of rotatable bonds is 5. The van der Waals surface area contributed by atoms with E-state index in [1.54, 1.807) is 16.8 Å². The van der Waals surface area contributed by atoms with Crippen LogP contribution in [0.2, 0.25) is 0 Å². The molecule has 5 nitrogen and oxygen atoms in total. The SMILES string of the molecule is Cc1ccc(NC(=O)Cc2csc(NC(=O)c3ccsc3)n2)c(C)c1. The third kappa shape index (κ3) is 4.52. The minimum absolute atomic E-state index is 0.132. The van der Waals surface area contributed by atoms with E-state index < -0.39 is 0 Å². The van der Waals surface area contributed by atoms with Gasteiger partial charge < -0.3 is 5.32 Å². The predicted octanol–water partition coefficient (Wildman–Crippen LogP) is 4.25. The van der Waals surface area contributed by atoms with E-state index in [2.05, 4.69) is 15.6 Å². The number of nitrogens with zero attached hydrogens (tertiary/aromatic N) is 1. The number of thiazole rings is 1. The van der Waals surface area contributed by atoms with Crippen molar-refractivity contribution >= 4 is 45.3 Å². The van der Waals surface area contributed by atoms with Crippen molar-refractivity contribution in [2.75, 3.05) is 10.6 Å². The molecule has 0 unspecified atom stereocenters. The molecule has 0 atom stereocenters. The van der Waals surface area contributed by atoms with E-state index in [9.17, 15) is 9.59 Å². The molecule has 0 aliphatic heterocycles. The number of nitrogens with one attached hydrogen (secondary N) is 2. The van der Waals surface area contributed by atoms with Gasteiger partial charge in [-0.25, -0.2) is 4.98 Å². The molecule has 3 rings (SSSR count). The van der Waals surface area contributed by atoms with Crippen LogP contribution in [0.25, 0.3) is 0 Å². The van der Waals surface area contributed by atoms with Crippen LogP contribution < -0.4 is 10.6 Å². The third-order valence-electron chi connectivity index (χ3n) is 3.55. The molecule has 0 aliphatic rings. The Morgan fingerprint density at radius 1 is 1.12 bits per heavy atom. The molecular weight excluding hydrogens is 354 g/mol. The summed E-state index contributed by atoms with van der Waals surface area (Å²) in [5, 5.41) is 11.5. The van der Waals surface area contributed by atoms with E-state index in [1.807, 2.05) is 37.4 Å². The van der Waals surface area contributed by atoms with Crippen molar-refractivity contribution in [1.29, 1.82) is 0 Å². The van der Waals surface area contributed by atoms with Crippen LogP contribution in [0.3, 0.4) is 0 Å². The van der Waals surface area contributed by atoms with Crippen LogP contribution >= 0.6 is 22.7 Å². The Labute approximate surface area is 153 Å². The average Bonchev–Trinajstić information content (AvgIpc) is 3.22. The smallest absolute Gasteiger partial charge is 0.258 e. The zero-order chi connectivity index (χ0) is 17.8. The number of thiophene rings is 1. The molecule has 3 aromatic rings. The van der Waals surface area contributed by atoms with E-state index in [0.29, 0.717) is 16.4 Å². The first-order valence-electron chi connectivity index (χ1n) is 7.66. The van der Waals surface area contributed by atoms with Gasteiger partial charge in [-0.05, 0) is 36.9 Å². The molecule has 1 aromatic carbocycles. The maximum absolute atomic E-state index is 12.2. The molecule has 0 bridgehead atoms. The molecule has 2 heterocycles. The van der Waals surface area contributed by atoms with Gasteiger partial charge >= 0.3 is 0 Å². The molecule has 2 amide bonds. The highest BCUT2D eigenvalue weighted by atomic mass is 32.1. The second-order valence-electron chi connectivity index (χ2n) is 5.65. The normalized spacial score (nSPS) is 10.5. The Balaban J connectivity index is 1.59. The number of hydrogen-bond acceptors (Lipinski definition) is 5. The number of amides is 2. The molecule has 0 saturated heterocycles. The number of carbonyl (C=O) groups excluding carboxylic acids is 2. The lowest BCUT2D eigenvalue weighted by molar-refractivity contribution is -0.115. The standard InChI is InChI=1S/C18H17N3O2S2/c1-11-3-4-15(12(2)7-11)20-16(22)8-14-10-25-18(19-14)21-17(23)13-5-6-24-9-13/h3-7,9-10H,8H2,1-2H3,(H,20,22)(H,19,21,23). The third-order valence-corrected chi connectivity index (χ3v) is 5.04. The Morgan fingerprint density at radius 2 is 1.96 bits per heavy atom. The molecule has 2 N–H and O–H groups in total. The summed E-state index contributed by atoms with van der Waals surface area (Å²) in [5.41, 5.74) is 4.22. The number of hydrogen-bond donors (Lipinski definition) is 2. The number of anilines is 2. The van der Waals surface area contributed by atoms with Gasteiger partial charge in [0.2, 0.25) is 5.91 Å². The molecular formula is C18H17N3O2S2. The Kier molecular flexibility index (Phi) is 5.25. The van der Waals surface area contributed by atoms with Gasteiger partial charge in [0.05, 0.1) is 17.7 Å². The molecule has 0 fully saturated rings. The minimum atomic E-state index is -0.193. The molecule has 0 aliphatic carbocycles. The van der Waals surface area contributed by atoms with Gasteiger partial charge in [0, 0.05) is 16.4 Å². The van der Waals surface area contributed by atoms with Crippen molar-refractivity contribution in [2.45, 2.75) is 20.3 Å². The van der Waals surface area contributed by atoms with Gasteiger partial charge in [-0.15, -0.1) is 11.3 Å². The molecule has 0 radical (unpaired) electrons. The van der Waals surface area contributed by atoms with Gasteiger partial charge in [0.1, 0.15) is 0 Å². The lowest BCUT2D eigenvalue weighted by Crippen LogP contribution is -2.15.